The van der Waals surface area contributed by atoms with Crippen molar-refractivity contribution in [2.45, 2.75) is 90.6 Å². The highest BCUT2D eigenvalue weighted by molar-refractivity contribution is 5.66. The third kappa shape index (κ3) is 9.09. The normalized spacial score (nSPS) is 21.6. The second kappa shape index (κ2) is 11.8. The highest BCUT2D eigenvalue weighted by atomic mass is 16.7. The van der Waals surface area contributed by atoms with Gasteiger partial charge in [0, 0.05) is 18.9 Å². The van der Waals surface area contributed by atoms with E-state index in [0.717, 1.165) is 18.4 Å². The summed E-state index contributed by atoms with van der Waals surface area (Å²) in [4.78, 5) is 10.9. The zero-order valence-corrected chi connectivity index (χ0v) is 16.6. The summed E-state index contributed by atoms with van der Waals surface area (Å²) < 4.78 is 17.2. The topological polar surface area (TPSA) is 44.8 Å². The van der Waals surface area contributed by atoms with Crippen molar-refractivity contribution in [1.82, 2.24) is 0 Å². The Bertz CT molecular complexity index is 571. The van der Waals surface area contributed by atoms with E-state index in [4.69, 9.17) is 20.6 Å². The van der Waals surface area contributed by atoms with Crippen molar-refractivity contribution in [3.63, 3.8) is 0 Å². The summed E-state index contributed by atoms with van der Waals surface area (Å²) >= 11 is 0. The van der Waals surface area contributed by atoms with E-state index in [1.54, 1.807) is 6.08 Å². The Morgan fingerprint density at radius 2 is 1.88 bits per heavy atom. The molecule has 0 saturated carbocycles. The average Bonchev–Trinajstić information content (AvgIpc) is 2.85. The molecule has 4 heteroatoms. The standard InChI is InChI=1S/C22H32O4/c1-6-8-10-11-12-14-20-21(26-22(4,5)25-20)17-19(13-9-7-2)15-16-24-18(3)23/h2,15,20-21H,6,8,10-12,14,16-17H2,1,3-5H3/b19-15+/t20-,21-/m1/s1. The van der Waals surface area contributed by atoms with Crippen LogP contribution in [0.15, 0.2) is 11.6 Å². The van der Waals surface area contributed by atoms with Gasteiger partial charge in [-0.1, -0.05) is 44.9 Å². The number of hydrogen-bond donors (Lipinski definition) is 0. The first-order chi connectivity index (χ1) is 12.4. The van der Waals surface area contributed by atoms with Crippen LogP contribution in [-0.2, 0) is 19.0 Å². The lowest BCUT2D eigenvalue weighted by Crippen LogP contribution is -2.23. The van der Waals surface area contributed by atoms with Gasteiger partial charge in [0.05, 0.1) is 12.2 Å². The number of carbonyl (C=O) groups excluding carboxylic acids is 1. The smallest absolute Gasteiger partial charge is 0.302 e. The number of ether oxygens (including phenoxy) is 3. The predicted molar refractivity (Wildman–Crippen MR) is 103 cm³/mol. The molecule has 0 bridgehead atoms. The first kappa shape index (κ1) is 22.3. The van der Waals surface area contributed by atoms with Crippen molar-refractivity contribution in [2.75, 3.05) is 6.61 Å². The van der Waals surface area contributed by atoms with Gasteiger partial charge in [0.25, 0.3) is 0 Å². The highest BCUT2D eigenvalue weighted by Gasteiger charge is 2.40. The molecule has 1 aliphatic rings. The van der Waals surface area contributed by atoms with Gasteiger partial charge in [0.1, 0.15) is 6.61 Å². The van der Waals surface area contributed by atoms with Gasteiger partial charge in [-0.2, -0.15) is 0 Å². The van der Waals surface area contributed by atoms with Gasteiger partial charge < -0.3 is 14.2 Å². The fourth-order valence-electron chi connectivity index (χ4n) is 3.05. The zero-order chi connectivity index (χ0) is 19.4. The van der Waals surface area contributed by atoms with Crippen molar-refractivity contribution in [3.05, 3.63) is 11.6 Å². The maximum atomic E-state index is 10.9. The molecule has 1 heterocycles. The molecule has 0 aromatic carbocycles. The third-order valence-electron chi connectivity index (χ3n) is 4.21. The SMILES string of the molecule is C#CC#C/C(=C\COC(C)=O)C[C@H]1OC(C)(C)O[C@@H]1CCCCCCC. The lowest BCUT2D eigenvalue weighted by atomic mass is 9.99. The minimum absolute atomic E-state index is 0.0383. The Balaban J connectivity index is 2.69. The summed E-state index contributed by atoms with van der Waals surface area (Å²) in [6.45, 7) is 7.65. The second-order valence-corrected chi connectivity index (χ2v) is 7.05. The molecule has 4 nitrogen and oxygen atoms in total. The molecule has 1 fully saturated rings. The minimum atomic E-state index is -0.598. The number of rotatable bonds is 10. The fraction of sp³-hybridized carbons (Fsp3) is 0.682. The van der Waals surface area contributed by atoms with Crippen LogP contribution in [0.3, 0.4) is 0 Å². The van der Waals surface area contributed by atoms with Crippen LogP contribution in [0.4, 0.5) is 0 Å². The second-order valence-electron chi connectivity index (χ2n) is 7.05. The molecule has 0 aromatic heterocycles. The van der Waals surface area contributed by atoms with E-state index in [9.17, 15) is 4.79 Å². The Kier molecular flexibility index (Phi) is 10.1. The van der Waals surface area contributed by atoms with Crippen LogP contribution in [-0.4, -0.2) is 30.6 Å². The van der Waals surface area contributed by atoms with Crippen LogP contribution in [0.5, 0.6) is 0 Å². The van der Waals surface area contributed by atoms with E-state index in [0.29, 0.717) is 6.42 Å². The molecule has 2 atom stereocenters. The van der Waals surface area contributed by atoms with Crippen LogP contribution in [0.2, 0.25) is 0 Å². The summed E-state index contributed by atoms with van der Waals surface area (Å²) in [5, 5.41) is 0. The lowest BCUT2D eigenvalue weighted by Gasteiger charge is -2.16. The van der Waals surface area contributed by atoms with Crippen LogP contribution in [0.25, 0.3) is 0 Å². The van der Waals surface area contributed by atoms with Crippen molar-refractivity contribution in [3.8, 4) is 24.2 Å². The van der Waals surface area contributed by atoms with Crippen molar-refractivity contribution in [2.24, 2.45) is 0 Å². The van der Waals surface area contributed by atoms with Gasteiger partial charge in [0.2, 0.25) is 0 Å². The average molecular weight is 360 g/mol. The summed E-state index contributed by atoms with van der Waals surface area (Å²) in [6.07, 6.45) is 14.7. The van der Waals surface area contributed by atoms with Crippen LogP contribution in [0, 0.1) is 24.2 Å². The molecule has 0 radical (unpaired) electrons. The Morgan fingerprint density at radius 3 is 2.54 bits per heavy atom. The number of carbonyl (C=O) groups is 1. The number of hydrogen-bond acceptors (Lipinski definition) is 4. The Morgan fingerprint density at radius 1 is 1.19 bits per heavy atom. The van der Waals surface area contributed by atoms with Gasteiger partial charge >= 0.3 is 5.97 Å². The van der Waals surface area contributed by atoms with Gasteiger partial charge in [0.15, 0.2) is 5.79 Å². The van der Waals surface area contributed by atoms with Gasteiger partial charge in [-0.3, -0.25) is 4.79 Å². The summed E-state index contributed by atoms with van der Waals surface area (Å²) in [5.74, 6) is 6.99. The first-order valence-corrected chi connectivity index (χ1v) is 9.52. The molecule has 1 aliphatic heterocycles. The molecule has 0 aromatic rings. The van der Waals surface area contributed by atoms with Crippen LogP contribution < -0.4 is 0 Å². The molecule has 0 unspecified atom stereocenters. The molecule has 144 valence electrons. The minimum Gasteiger partial charge on any atom is -0.462 e. The van der Waals surface area contributed by atoms with Crippen LogP contribution in [0.1, 0.15) is 72.6 Å². The molecule has 0 N–H and O–H groups in total. The summed E-state index contributed by atoms with van der Waals surface area (Å²) in [6, 6.07) is 0. The van der Waals surface area contributed by atoms with E-state index in [-0.39, 0.29) is 24.8 Å². The third-order valence-corrected chi connectivity index (χ3v) is 4.21. The Labute approximate surface area is 158 Å². The van der Waals surface area contributed by atoms with Crippen molar-refractivity contribution in [1.29, 1.82) is 0 Å². The molecular weight excluding hydrogens is 328 g/mol. The zero-order valence-electron chi connectivity index (χ0n) is 16.6. The molecule has 0 spiro atoms. The quantitative estimate of drug-likeness (QED) is 0.329. The fourth-order valence-corrected chi connectivity index (χ4v) is 3.05. The van der Waals surface area contributed by atoms with Gasteiger partial charge in [-0.15, -0.1) is 6.42 Å². The van der Waals surface area contributed by atoms with E-state index < -0.39 is 5.79 Å². The van der Waals surface area contributed by atoms with E-state index >= 15 is 0 Å². The number of unbranched alkanes of at least 4 members (excludes halogenated alkanes) is 4. The highest BCUT2D eigenvalue weighted by Crippen LogP contribution is 2.34. The predicted octanol–water partition coefficient (Wildman–Crippen LogP) is 4.38. The van der Waals surface area contributed by atoms with Crippen molar-refractivity contribution >= 4 is 5.97 Å². The maximum Gasteiger partial charge on any atom is 0.302 e. The first-order valence-electron chi connectivity index (χ1n) is 9.52. The van der Waals surface area contributed by atoms with Crippen LogP contribution >= 0.6 is 0 Å². The lowest BCUT2D eigenvalue weighted by molar-refractivity contribution is -0.146. The number of terminal acetylenes is 1. The van der Waals surface area contributed by atoms with Gasteiger partial charge in [-0.05, 0) is 38.2 Å². The largest absolute Gasteiger partial charge is 0.462 e. The van der Waals surface area contributed by atoms with E-state index in [1.165, 1.54) is 32.6 Å². The molecule has 1 saturated heterocycles. The molecule has 0 aliphatic carbocycles. The van der Waals surface area contributed by atoms with Crippen molar-refractivity contribution < 1.29 is 19.0 Å². The number of esters is 1. The Hall–Kier alpha value is -1.75. The summed E-state index contributed by atoms with van der Waals surface area (Å²) in [7, 11) is 0. The molecule has 1 rings (SSSR count). The molecular formula is C22H32O4. The van der Waals surface area contributed by atoms with E-state index in [2.05, 4.69) is 24.7 Å². The van der Waals surface area contributed by atoms with E-state index in [1.807, 2.05) is 13.8 Å². The van der Waals surface area contributed by atoms with Gasteiger partial charge in [-0.25, -0.2) is 0 Å². The molecule has 0 amide bonds. The molecule has 26 heavy (non-hydrogen) atoms. The summed E-state index contributed by atoms with van der Waals surface area (Å²) in [5.41, 5.74) is 0.812. The maximum absolute atomic E-state index is 10.9. The monoisotopic (exact) mass is 360 g/mol.